The van der Waals surface area contributed by atoms with E-state index in [9.17, 15) is 9.59 Å². The molecule has 0 spiro atoms. The fourth-order valence-corrected chi connectivity index (χ4v) is 2.68. The Morgan fingerprint density at radius 2 is 2.00 bits per heavy atom. The van der Waals surface area contributed by atoms with Gasteiger partial charge in [0.05, 0.1) is 0 Å². The topological polar surface area (TPSA) is 69.6 Å². The Kier molecular flexibility index (Phi) is 7.41. The highest BCUT2D eigenvalue weighted by Crippen LogP contribution is 2.21. The van der Waals surface area contributed by atoms with Crippen LogP contribution in [0.2, 0.25) is 0 Å². The van der Waals surface area contributed by atoms with Gasteiger partial charge in [0.2, 0.25) is 0 Å². The number of amides is 2. The molecule has 20 heavy (non-hydrogen) atoms. The standard InChI is InChI=1S/C15H28N2O3/c1-3-4-13-7-9-17(10-8-13)15(20)16-11-12(2)5-6-14(18)19/h12-13H,3-11H2,1-2H3,(H,16,20)(H,18,19). The van der Waals surface area contributed by atoms with Gasteiger partial charge in [0, 0.05) is 26.1 Å². The van der Waals surface area contributed by atoms with Crippen molar-refractivity contribution in [3.05, 3.63) is 0 Å². The smallest absolute Gasteiger partial charge is 0.317 e. The summed E-state index contributed by atoms with van der Waals surface area (Å²) in [5.41, 5.74) is 0. The number of nitrogens with one attached hydrogen (secondary N) is 1. The van der Waals surface area contributed by atoms with Crippen molar-refractivity contribution in [3.63, 3.8) is 0 Å². The molecule has 0 saturated carbocycles. The number of aliphatic carboxylic acids is 1. The number of carboxylic acid groups (broad SMARTS) is 1. The molecule has 5 nitrogen and oxygen atoms in total. The van der Waals surface area contributed by atoms with Crippen molar-refractivity contribution in [1.82, 2.24) is 10.2 Å². The molecule has 1 saturated heterocycles. The van der Waals surface area contributed by atoms with E-state index in [2.05, 4.69) is 12.2 Å². The lowest BCUT2D eigenvalue weighted by atomic mass is 9.93. The van der Waals surface area contributed by atoms with Gasteiger partial charge in [0.1, 0.15) is 0 Å². The van der Waals surface area contributed by atoms with Gasteiger partial charge in [-0.1, -0.05) is 26.7 Å². The molecular formula is C15H28N2O3. The van der Waals surface area contributed by atoms with Gasteiger partial charge in [-0.3, -0.25) is 4.79 Å². The zero-order valence-corrected chi connectivity index (χ0v) is 12.7. The van der Waals surface area contributed by atoms with E-state index in [1.54, 1.807) is 0 Å². The fraction of sp³-hybridized carbons (Fsp3) is 0.867. The maximum Gasteiger partial charge on any atom is 0.317 e. The Labute approximate surface area is 121 Å². The van der Waals surface area contributed by atoms with E-state index in [0.717, 1.165) is 31.8 Å². The zero-order valence-electron chi connectivity index (χ0n) is 12.7. The summed E-state index contributed by atoms with van der Waals surface area (Å²) < 4.78 is 0. The number of urea groups is 1. The number of hydrogen-bond acceptors (Lipinski definition) is 2. The van der Waals surface area contributed by atoms with Crippen molar-refractivity contribution < 1.29 is 14.7 Å². The van der Waals surface area contributed by atoms with Crippen LogP contribution < -0.4 is 5.32 Å². The molecule has 0 aromatic rings. The predicted molar refractivity (Wildman–Crippen MR) is 78.6 cm³/mol. The number of nitrogens with zero attached hydrogens (tertiary/aromatic N) is 1. The first-order valence-corrected chi connectivity index (χ1v) is 7.77. The summed E-state index contributed by atoms with van der Waals surface area (Å²) in [6, 6.07) is 0.00197. The SMILES string of the molecule is CCCC1CCN(C(=O)NCC(C)CCC(=O)O)CC1. The Balaban J connectivity index is 2.18. The molecule has 1 aliphatic rings. The Bertz CT molecular complexity index is 312. The van der Waals surface area contributed by atoms with Crippen LogP contribution in [0.3, 0.4) is 0 Å². The molecule has 5 heteroatoms. The van der Waals surface area contributed by atoms with Gasteiger partial charge in [0.15, 0.2) is 0 Å². The third-order valence-corrected chi connectivity index (χ3v) is 4.05. The highest BCUT2D eigenvalue weighted by molar-refractivity contribution is 5.74. The minimum Gasteiger partial charge on any atom is -0.481 e. The Morgan fingerprint density at radius 1 is 1.35 bits per heavy atom. The van der Waals surface area contributed by atoms with Crippen LogP contribution in [0, 0.1) is 11.8 Å². The summed E-state index contributed by atoms with van der Waals surface area (Å²) >= 11 is 0. The zero-order chi connectivity index (χ0) is 15.0. The van der Waals surface area contributed by atoms with Crippen molar-refractivity contribution >= 4 is 12.0 Å². The van der Waals surface area contributed by atoms with E-state index in [1.807, 2.05) is 11.8 Å². The van der Waals surface area contributed by atoms with Gasteiger partial charge in [0.25, 0.3) is 0 Å². The van der Waals surface area contributed by atoms with Crippen molar-refractivity contribution in [1.29, 1.82) is 0 Å². The van der Waals surface area contributed by atoms with E-state index in [0.29, 0.717) is 13.0 Å². The van der Waals surface area contributed by atoms with Crippen molar-refractivity contribution in [3.8, 4) is 0 Å². The second-order valence-corrected chi connectivity index (χ2v) is 5.94. The molecule has 1 unspecified atom stereocenters. The van der Waals surface area contributed by atoms with Crippen LogP contribution >= 0.6 is 0 Å². The average molecular weight is 284 g/mol. The van der Waals surface area contributed by atoms with Gasteiger partial charge in [-0.15, -0.1) is 0 Å². The lowest BCUT2D eigenvalue weighted by molar-refractivity contribution is -0.137. The number of carbonyl (C=O) groups is 2. The summed E-state index contributed by atoms with van der Waals surface area (Å²) in [6.07, 6.45) is 5.47. The number of rotatable bonds is 7. The predicted octanol–water partition coefficient (Wildman–Crippen LogP) is 2.71. The van der Waals surface area contributed by atoms with Crippen LogP contribution in [0.1, 0.15) is 52.4 Å². The summed E-state index contributed by atoms with van der Waals surface area (Å²) in [6.45, 7) is 6.43. The van der Waals surface area contributed by atoms with Crippen LogP contribution in [0.4, 0.5) is 4.79 Å². The van der Waals surface area contributed by atoms with Gasteiger partial charge in [-0.05, 0) is 31.1 Å². The molecule has 2 N–H and O–H groups in total. The highest BCUT2D eigenvalue weighted by Gasteiger charge is 2.22. The monoisotopic (exact) mass is 284 g/mol. The average Bonchev–Trinajstić information content (AvgIpc) is 2.43. The quantitative estimate of drug-likeness (QED) is 0.755. The largest absolute Gasteiger partial charge is 0.481 e. The first-order chi connectivity index (χ1) is 9.52. The summed E-state index contributed by atoms with van der Waals surface area (Å²) in [5.74, 6) is 0.201. The van der Waals surface area contributed by atoms with Crippen molar-refractivity contribution in [2.75, 3.05) is 19.6 Å². The second-order valence-electron chi connectivity index (χ2n) is 5.94. The maximum absolute atomic E-state index is 12.0. The van der Waals surface area contributed by atoms with Gasteiger partial charge in [-0.25, -0.2) is 4.79 Å². The van der Waals surface area contributed by atoms with Crippen LogP contribution in [0.5, 0.6) is 0 Å². The fourth-order valence-electron chi connectivity index (χ4n) is 2.68. The number of carbonyl (C=O) groups excluding carboxylic acids is 1. The van der Waals surface area contributed by atoms with Crippen LogP contribution in [-0.4, -0.2) is 41.6 Å². The van der Waals surface area contributed by atoms with E-state index in [1.165, 1.54) is 12.8 Å². The summed E-state index contributed by atoms with van der Waals surface area (Å²) in [4.78, 5) is 24.4. The molecule has 0 aromatic heterocycles. The summed E-state index contributed by atoms with van der Waals surface area (Å²) in [5, 5.41) is 11.5. The number of hydrogen-bond donors (Lipinski definition) is 2. The van der Waals surface area contributed by atoms with E-state index in [-0.39, 0.29) is 18.4 Å². The van der Waals surface area contributed by atoms with Crippen LogP contribution in [0.25, 0.3) is 0 Å². The highest BCUT2D eigenvalue weighted by atomic mass is 16.4. The molecule has 116 valence electrons. The van der Waals surface area contributed by atoms with Crippen LogP contribution in [0.15, 0.2) is 0 Å². The van der Waals surface area contributed by atoms with E-state index < -0.39 is 5.97 Å². The number of carboxylic acids is 1. The minimum absolute atomic E-state index is 0.00197. The molecule has 1 aliphatic heterocycles. The first-order valence-electron chi connectivity index (χ1n) is 7.77. The van der Waals surface area contributed by atoms with E-state index >= 15 is 0 Å². The normalized spacial score (nSPS) is 17.8. The molecule has 1 fully saturated rings. The summed E-state index contributed by atoms with van der Waals surface area (Å²) in [7, 11) is 0. The third kappa shape index (κ3) is 6.26. The molecule has 0 radical (unpaired) electrons. The molecule has 0 aliphatic carbocycles. The molecular weight excluding hydrogens is 256 g/mol. The third-order valence-electron chi connectivity index (χ3n) is 4.05. The van der Waals surface area contributed by atoms with Crippen molar-refractivity contribution in [2.24, 2.45) is 11.8 Å². The van der Waals surface area contributed by atoms with Crippen molar-refractivity contribution in [2.45, 2.75) is 52.4 Å². The molecule has 1 rings (SSSR count). The van der Waals surface area contributed by atoms with Gasteiger partial charge >= 0.3 is 12.0 Å². The molecule has 2 amide bonds. The molecule has 1 atom stereocenters. The lowest BCUT2D eigenvalue weighted by Crippen LogP contribution is -2.45. The molecule has 0 aromatic carbocycles. The Hall–Kier alpha value is -1.26. The van der Waals surface area contributed by atoms with E-state index in [4.69, 9.17) is 5.11 Å². The number of likely N-dealkylation sites (tertiary alicyclic amines) is 1. The second kappa shape index (κ2) is 8.82. The maximum atomic E-state index is 12.0. The Morgan fingerprint density at radius 3 is 2.55 bits per heavy atom. The molecule has 1 heterocycles. The first kappa shape index (κ1) is 16.8. The lowest BCUT2D eigenvalue weighted by Gasteiger charge is -2.32. The molecule has 0 bridgehead atoms. The van der Waals surface area contributed by atoms with Crippen LogP contribution in [-0.2, 0) is 4.79 Å². The minimum atomic E-state index is -0.777. The van der Waals surface area contributed by atoms with Gasteiger partial charge < -0.3 is 15.3 Å². The van der Waals surface area contributed by atoms with Gasteiger partial charge in [-0.2, -0.15) is 0 Å². The number of piperidine rings is 1.